The van der Waals surface area contributed by atoms with Crippen LogP contribution in [0.1, 0.15) is 41.1 Å². The van der Waals surface area contributed by atoms with Crippen molar-refractivity contribution >= 4 is 39.9 Å². The van der Waals surface area contributed by atoms with Gasteiger partial charge in [0.1, 0.15) is 35.0 Å². The Morgan fingerprint density at radius 3 is 2.68 bits per heavy atom. The second-order valence-electron chi connectivity index (χ2n) is 10.2. The molecule has 1 fully saturated rings. The van der Waals surface area contributed by atoms with Crippen molar-refractivity contribution in [3.63, 3.8) is 0 Å². The number of carbonyl (C=O) groups is 1. The molecule has 10 heteroatoms. The van der Waals surface area contributed by atoms with Gasteiger partial charge in [-0.15, -0.1) is 11.3 Å². The Kier molecular flexibility index (Phi) is 7.66. The van der Waals surface area contributed by atoms with Gasteiger partial charge in [0.05, 0.1) is 16.1 Å². The second kappa shape index (κ2) is 11.5. The van der Waals surface area contributed by atoms with E-state index in [9.17, 15) is 9.90 Å². The van der Waals surface area contributed by atoms with Crippen LogP contribution >= 0.6 is 22.9 Å². The van der Waals surface area contributed by atoms with Crippen molar-refractivity contribution in [1.29, 1.82) is 0 Å². The molecule has 2 aromatic carbocycles. The molecule has 0 unspecified atom stereocenters. The van der Waals surface area contributed by atoms with E-state index in [0.29, 0.717) is 15.8 Å². The van der Waals surface area contributed by atoms with Gasteiger partial charge in [-0.05, 0) is 56.6 Å². The van der Waals surface area contributed by atoms with E-state index in [1.807, 2.05) is 66.2 Å². The molecule has 210 valence electrons. The van der Waals surface area contributed by atoms with Gasteiger partial charge < -0.3 is 19.5 Å². The van der Waals surface area contributed by atoms with Crippen molar-refractivity contribution < 1.29 is 19.4 Å². The molecule has 0 bridgehead atoms. The van der Waals surface area contributed by atoms with Crippen LogP contribution < -0.4 is 9.47 Å². The number of hydrogen-bond donors (Lipinski definition) is 1. The standard InChI is InChI=1S/C31H29ClN4O4S/c1-19(23-6-3-7-26(29(23)32)40-22-10-13-35(2)14-11-22)39-27-16-28(41-30(27)31(37)38)36-18-34-24-15-20(8-9-25(24)36)21-5-4-12-33-17-21/h3-9,12,15-19,22H,10-11,13-14H2,1-2H3,(H,37,38)/t19-/m1/s1. The van der Waals surface area contributed by atoms with Crippen LogP contribution in [0, 0.1) is 0 Å². The summed E-state index contributed by atoms with van der Waals surface area (Å²) in [5, 5.41) is 11.2. The van der Waals surface area contributed by atoms with Crippen molar-refractivity contribution in [2.45, 2.75) is 32.0 Å². The Labute approximate surface area is 246 Å². The number of carboxylic acid groups (broad SMARTS) is 1. The van der Waals surface area contributed by atoms with Gasteiger partial charge in [0.2, 0.25) is 0 Å². The van der Waals surface area contributed by atoms with E-state index in [4.69, 9.17) is 21.1 Å². The average Bonchev–Trinajstić information content (AvgIpc) is 3.59. The summed E-state index contributed by atoms with van der Waals surface area (Å²) < 4.78 is 14.4. The smallest absolute Gasteiger partial charge is 0.349 e. The summed E-state index contributed by atoms with van der Waals surface area (Å²) in [6, 6.07) is 17.2. The fraction of sp³-hybridized carbons (Fsp3) is 0.258. The highest BCUT2D eigenvalue weighted by atomic mass is 35.5. The molecule has 5 aromatic rings. The van der Waals surface area contributed by atoms with E-state index >= 15 is 0 Å². The van der Waals surface area contributed by atoms with Gasteiger partial charge in [0.15, 0.2) is 4.88 Å². The third-order valence-corrected chi connectivity index (χ3v) is 8.86. The van der Waals surface area contributed by atoms with Crippen LogP contribution in [0.15, 0.2) is 73.3 Å². The van der Waals surface area contributed by atoms with Crippen LogP contribution in [0.2, 0.25) is 5.02 Å². The lowest BCUT2D eigenvalue weighted by Gasteiger charge is -2.30. The predicted molar refractivity (Wildman–Crippen MR) is 161 cm³/mol. The molecule has 3 aromatic heterocycles. The van der Waals surface area contributed by atoms with Crippen molar-refractivity contribution in [3.05, 3.63) is 88.8 Å². The summed E-state index contributed by atoms with van der Waals surface area (Å²) in [5.41, 5.74) is 4.39. The van der Waals surface area contributed by atoms with Gasteiger partial charge in [-0.1, -0.05) is 35.9 Å². The minimum atomic E-state index is -1.06. The zero-order chi connectivity index (χ0) is 28.5. The first kappa shape index (κ1) is 27.3. The van der Waals surface area contributed by atoms with E-state index in [2.05, 4.69) is 21.9 Å². The summed E-state index contributed by atoms with van der Waals surface area (Å²) in [6.07, 6.45) is 6.73. The number of pyridine rings is 1. The Bertz CT molecular complexity index is 1700. The minimum absolute atomic E-state index is 0.107. The van der Waals surface area contributed by atoms with Gasteiger partial charge in [-0.2, -0.15) is 0 Å². The third-order valence-electron chi connectivity index (χ3n) is 7.35. The number of halogens is 1. The number of nitrogens with zero attached hydrogens (tertiary/aromatic N) is 4. The van der Waals surface area contributed by atoms with Gasteiger partial charge in [0.25, 0.3) is 0 Å². The van der Waals surface area contributed by atoms with E-state index in [-0.39, 0.29) is 16.7 Å². The topological polar surface area (TPSA) is 89.7 Å². The molecule has 4 heterocycles. The normalized spacial score (nSPS) is 15.2. The van der Waals surface area contributed by atoms with Gasteiger partial charge >= 0.3 is 5.97 Å². The van der Waals surface area contributed by atoms with Crippen LogP contribution in [-0.4, -0.2) is 56.8 Å². The van der Waals surface area contributed by atoms with Crippen LogP contribution in [0.25, 0.3) is 27.2 Å². The largest absolute Gasteiger partial charge is 0.489 e. The zero-order valence-corrected chi connectivity index (χ0v) is 24.2. The number of aromatic carboxylic acids is 1. The first-order valence-corrected chi connectivity index (χ1v) is 14.6. The molecule has 1 N–H and O–H groups in total. The number of thiophene rings is 1. The highest BCUT2D eigenvalue weighted by Gasteiger charge is 2.24. The summed E-state index contributed by atoms with van der Waals surface area (Å²) >= 11 is 7.92. The quantitative estimate of drug-likeness (QED) is 0.206. The molecule has 6 rings (SSSR count). The number of fused-ring (bicyclic) bond motifs is 1. The Hall–Kier alpha value is -3.92. The molecule has 41 heavy (non-hydrogen) atoms. The first-order valence-electron chi connectivity index (χ1n) is 13.4. The van der Waals surface area contributed by atoms with E-state index in [1.54, 1.807) is 18.6 Å². The maximum absolute atomic E-state index is 12.2. The molecule has 0 saturated carbocycles. The van der Waals surface area contributed by atoms with Crippen LogP contribution in [0.5, 0.6) is 11.5 Å². The van der Waals surface area contributed by atoms with Crippen molar-refractivity contribution in [3.8, 4) is 27.6 Å². The van der Waals surface area contributed by atoms with Gasteiger partial charge in [-0.3, -0.25) is 9.55 Å². The lowest BCUT2D eigenvalue weighted by Crippen LogP contribution is -2.35. The molecule has 0 amide bonds. The molecular formula is C31H29ClN4O4S. The fourth-order valence-corrected chi connectivity index (χ4v) is 6.33. The molecule has 0 aliphatic carbocycles. The maximum atomic E-state index is 12.2. The maximum Gasteiger partial charge on any atom is 0.349 e. The van der Waals surface area contributed by atoms with E-state index in [1.165, 1.54) is 0 Å². The second-order valence-corrected chi connectivity index (χ2v) is 11.6. The Morgan fingerprint density at radius 1 is 1.10 bits per heavy atom. The monoisotopic (exact) mass is 588 g/mol. The Morgan fingerprint density at radius 2 is 1.93 bits per heavy atom. The molecule has 0 radical (unpaired) electrons. The summed E-state index contributed by atoms with van der Waals surface area (Å²) in [5.74, 6) is -0.164. The number of aromatic nitrogens is 3. The van der Waals surface area contributed by atoms with E-state index in [0.717, 1.165) is 65.0 Å². The number of likely N-dealkylation sites (tertiary alicyclic amines) is 1. The molecular weight excluding hydrogens is 560 g/mol. The molecule has 0 spiro atoms. The lowest BCUT2D eigenvalue weighted by atomic mass is 10.1. The van der Waals surface area contributed by atoms with Gasteiger partial charge in [-0.25, -0.2) is 9.78 Å². The fourth-order valence-electron chi connectivity index (χ4n) is 5.09. The number of hydrogen-bond acceptors (Lipinski definition) is 7. The summed E-state index contributed by atoms with van der Waals surface area (Å²) in [6.45, 7) is 3.83. The highest BCUT2D eigenvalue weighted by molar-refractivity contribution is 7.16. The Balaban J connectivity index is 1.26. The van der Waals surface area contributed by atoms with E-state index < -0.39 is 12.1 Å². The van der Waals surface area contributed by atoms with Crippen LogP contribution in [0.3, 0.4) is 0 Å². The minimum Gasteiger partial charge on any atom is -0.489 e. The highest BCUT2D eigenvalue weighted by Crippen LogP contribution is 2.39. The van der Waals surface area contributed by atoms with Crippen molar-refractivity contribution in [1.82, 2.24) is 19.4 Å². The molecule has 1 atom stereocenters. The number of benzene rings is 2. The van der Waals surface area contributed by atoms with Gasteiger partial charge in [0, 0.05) is 42.7 Å². The predicted octanol–water partition coefficient (Wildman–Crippen LogP) is 7.11. The number of imidazole rings is 1. The number of carboxylic acids is 1. The van der Waals surface area contributed by atoms with Crippen LogP contribution in [-0.2, 0) is 0 Å². The lowest BCUT2D eigenvalue weighted by molar-refractivity contribution is 0.0695. The van der Waals surface area contributed by atoms with Crippen molar-refractivity contribution in [2.24, 2.45) is 0 Å². The molecule has 1 saturated heterocycles. The summed E-state index contributed by atoms with van der Waals surface area (Å²) in [7, 11) is 2.11. The average molecular weight is 589 g/mol. The third kappa shape index (κ3) is 5.66. The molecule has 1 aliphatic heterocycles. The van der Waals surface area contributed by atoms with Crippen molar-refractivity contribution in [2.75, 3.05) is 20.1 Å². The molecule has 1 aliphatic rings. The summed E-state index contributed by atoms with van der Waals surface area (Å²) in [4.78, 5) is 23.4. The number of rotatable bonds is 8. The first-order chi connectivity index (χ1) is 19.9. The zero-order valence-electron chi connectivity index (χ0n) is 22.7. The molecule has 8 nitrogen and oxygen atoms in total. The van der Waals surface area contributed by atoms with Crippen LogP contribution in [0.4, 0.5) is 0 Å². The number of ether oxygens (including phenoxy) is 2. The number of piperidine rings is 1. The SMILES string of the molecule is C[C@@H](Oc1cc(-n2cnc3cc(-c4cccnc4)ccc32)sc1C(=O)O)c1cccc(OC2CCN(C)CC2)c1Cl.